The van der Waals surface area contributed by atoms with Gasteiger partial charge in [-0.2, -0.15) is 0 Å². The van der Waals surface area contributed by atoms with E-state index in [1.807, 2.05) is 18.2 Å². The Morgan fingerprint density at radius 3 is 2.50 bits per heavy atom. The number of hydrogen-bond acceptors (Lipinski definition) is 2. The van der Waals surface area contributed by atoms with Gasteiger partial charge in [-0.1, -0.05) is 41.1 Å². The van der Waals surface area contributed by atoms with Crippen molar-refractivity contribution in [2.45, 2.75) is 5.75 Å². The van der Waals surface area contributed by atoms with E-state index in [1.165, 1.54) is 15.6 Å². The first-order chi connectivity index (χ1) is 4.93. The van der Waals surface area contributed by atoms with Crippen LogP contribution in [-0.2, 0) is 5.75 Å². The molecule has 54 valence electrons. The average Bonchev–Trinajstić information content (AvgIpc) is 2.03. The van der Waals surface area contributed by atoms with Gasteiger partial charge in [0, 0.05) is 15.8 Å². The topological polar surface area (TPSA) is 0 Å². The summed E-state index contributed by atoms with van der Waals surface area (Å²) in [5.41, 5.74) is 1.32. The molecule has 0 fully saturated rings. The SMILES string of the molecule is ClSSCc1ccccc1. The molecule has 0 heterocycles. The van der Waals surface area contributed by atoms with E-state index in [-0.39, 0.29) is 0 Å². The highest BCUT2D eigenvalue weighted by molar-refractivity contribution is 8.84. The molecule has 0 radical (unpaired) electrons. The number of benzene rings is 1. The zero-order valence-corrected chi connectivity index (χ0v) is 7.68. The molecule has 0 saturated carbocycles. The molecule has 1 aromatic carbocycles. The van der Waals surface area contributed by atoms with Crippen LogP contribution in [0.3, 0.4) is 0 Å². The fourth-order valence-electron chi connectivity index (χ4n) is 0.665. The maximum Gasteiger partial charge on any atom is 0.0300 e. The molecule has 0 unspecified atom stereocenters. The van der Waals surface area contributed by atoms with E-state index in [2.05, 4.69) is 12.1 Å². The number of halogens is 1. The maximum absolute atomic E-state index is 5.43. The van der Waals surface area contributed by atoms with Crippen LogP contribution in [0.15, 0.2) is 30.3 Å². The van der Waals surface area contributed by atoms with Crippen LogP contribution < -0.4 is 0 Å². The summed E-state index contributed by atoms with van der Waals surface area (Å²) in [6.45, 7) is 0. The molecule has 0 aliphatic carbocycles. The van der Waals surface area contributed by atoms with Crippen molar-refractivity contribution in [2.24, 2.45) is 0 Å². The van der Waals surface area contributed by atoms with E-state index in [1.54, 1.807) is 10.8 Å². The lowest BCUT2D eigenvalue weighted by atomic mass is 10.2. The van der Waals surface area contributed by atoms with Gasteiger partial charge in [-0.3, -0.25) is 0 Å². The second-order valence-electron chi connectivity index (χ2n) is 1.81. The molecular weight excluding hydrogens is 184 g/mol. The zero-order chi connectivity index (χ0) is 7.23. The van der Waals surface area contributed by atoms with E-state index in [4.69, 9.17) is 10.7 Å². The van der Waals surface area contributed by atoms with Crippen molar-refractivity contribution in [3.8, 4) is 0 Å². The largest absolute Gasteiger partial charge is 0.0725 e. The molecule has 1 aromatic rings. The number of hydrogen-bond donors (Lipinski definition) is 0. The molecule has 0 aliphatic rings. The molecule has 0 atom stereocenters. The van der Waals surface area contributed by atoms with Crippen LogP contribution in [-0.4, -0.2) is 0 Å². The van der Waals surface area contributed by atoms with E-state index in [9.17, 15) is 0 Å². The van der Waals surface area contributed by atoms with Crippen LogP contribution in [0.1, 0.15) is 5.56 Å². The lowest BCUT2D eigenvalue weighted by Crippen LogP contribution is -1.73. The molecule has 10 heavy (non-hydrogen) atoms. The van der Waals surface area contributed by atoms with Crippen molar-refractivity contribution in [2.75, 3.05) is 0 Å². The Balaban J connectivity index is 2.43. The standard InChI is InChI=1S/C7H7ClS2/c8-10-9-6-7-4-2-1-3-5-7/h1-5H,6H2. The first-order valence-electron chi connectivity index (χ1n) is 2.87. The maximum atomic E-state index is 5.43. The van der Waals surface area contributed by atoms with Gasteiger partial charge in [-0.15, -0.1) is 0 Å². The van der Waals surface area contributed by atoms with Gasteiger partial charge >= 0.3 is 0 Å². The van der Waals surface area contributed by atoms with E-state index in [0.717, 1.165) is 5.75 Å². The van der Waals surface area contributed by atoms with Gasteiger partial charge in [0.15, 0.2) is 0 Å². The lowest BCUT2D eigenvalue weighted by Gasteiger charge is -1.94. The van der Waals surface area contributed by atoms with Crippen molar-refractivity contribution < 1.29 is 0 Å². The first kappa shape index (κ1) is 8.31. The van der Waals surface area contributed by atoms with Gasteiger partial charge in [0.1, 0.15) is 0 Å². The second kappa shape index (κ2) is 4.94. The minimum absolute atomic E-state index is 0.981. The number of rotatable bonds is 3. The third kappa shape index (κ3) is 2.86. The molecule has 0 nitrogen and oxygen atoms in total. The van der Waals surface area contributed by atoms with Crippen LogP contribution in [0.25, 0.3) is 0 Å². The van der Waals surface area contributed by atoms with Crippen LogP contribution in [0.4, 0.5) is 0 Å². The minimum atomic E-state index is 0.981. The van der Waals surface area contributed by atoms with E-state index < -0.39 is 0 Å². The van der Waals surface area contributed by atoms with Crippen LogP contribution in [0.5, 0.6) is 0 Å². The highest BCUT2D eigenvalue weighted by atomic mass is 35.7. The quantitative estimate of drug-likeness (QED) is 0.667. The van der Waals surface area contributed by atoms with Crippen LogP contribution in [0, 0.1) is 0 Å². The summed E-state index contributed by atoms with van der Waals surface area (Å²) in [6, 6.07) is 10.3. The summed E-state index contributed by atoms with van der Waals surface area (Å²) >= 11 is 0. The molecule has 1 rings (SSSR count). The Kier molecular flexibility index (Phi) is 4.10. The smallest absolute Gasteiger partial charge is 0.0300 e. The normalized spacial score (nSPS) is 9.70. The molecule has 3 heteroatoms. The molecular formula is C7H7ClS2. The summed E-state index contributed by atoms with van der Waals surface area (Å²) in [6.07, 6.45) is 0. The Morgan fingerprint density at radius 1 is 1.20 bits per heavy atom. The predicted octanol–water partition coefficient (Wildman–Crippen LogP) is 3.72. The Hall–Kier alpha value is 0.210. The molecule has 0 amide bonds. The van der Waals surface area contributed by atoms with Gasteiger partial charge in [0.2, 0.25) is 0 Å². The molecule has 0 saturated heterocycles. The minimum Gasteiger partial charge on any atom is -0.0725 e. The average molecular weight is 191 g/mol. The summed E-state index contributed by atoms with van der Waals surface area (Å²) in [5.74, 6) is 0.981. The van der Waals surface area contributed by atoms with Gasteiger partial charge in [-0.25, -0.2) is 0 Å². The fourth-order valence-corrected chi connectivity index (χ4v) is 1.98. The van der Waals surface area contributed by atoms with Crippen molar-refractivity contribution in [1.29, 1.82) is 0 Å². The third-order valence-corrected chi connectivity index (χ3v) is 3.08. The second-order valence-corrected chi connectivity index (χ2v) is 4.68. The molecule has 0 N–H and O–H groups in total. The van der Waals surface area contributed by atoms with Crippen molar-refractivity contribution in [3.05, 3.63) is 35.9 Å². The Bertz CT molecular complexity index is 176. The van der Waals surface area contributed by atoms with Gasteiger partial charge < -0.3 is 0 Å². The predicted molar refractivity (Wildman–Crippen MR) is 51.2 cm³/mol. The highest BCUT2D eigenvalue weighted by Gasteiger charge is 1.89. The molecule has 0 aliphatic heterocycles. The van der Waals surface area contributed by atoms with E-state index in [0.29, 0.717) is 0 Å². The zero-order valence-electron chi connectivity index (χ0n) is 5.29. The summed E-state index contributed by atoms with van der Waals surface area (Å²) in [7, 11) is 8.36. The van der Waals surface area contributed by atoms with Crippen molar-refractivity contribution in [1.82, 2.24) is 0 Å². The Morgan fingerprint density at radius 2 is 1.90 bits per heavy atom. The molecule has 0 aromatic heterocycles. The van der Waals surface area contributed by atoms with Crippen molar-refractivity contribution >= 4 is 31.5 Å². The molecule has 0 spiro atoms. The van der Waals surface area contributed by atoms with E-state index >= 15 is 0 Å². The van der Waals surface area contributed by atoms with Crippen LogP contribution >= 0.6 is 31.5 Å². The monoisotopic (exact) mass is 190 g/mol. The summed E-state index contributed by atoms with van der Waals surface area (Å²) in [5, 5.41) is 0. The lowest BCUT2D eigenvalue weighted by molar-refractivity contribution is 1.43. The van der Waals surface area contributed by atoms with Gasteiger partial charge in [-0.05, 0) is 16.2 Å². The summed E-state index contributed by atoms with van der Waals surface area (Å²) in [4.78, 5) is 0. The summed E-state index contributed by atoms with van der Waals surface area (Å²) < 4.78 is 0. The highest BCUT2D eigenvalue weighted by Crippen LogP contribution is 2.28. The first-order valence-corrected chi connectivity index (χ1v) is 6.02. The Labute approximate surface area is 73.2 Å². The third-order valence-electron chi connectivity index (χ3n) is 1.11. The van der Waals surface area contributed by atoms with Gasteiger partial charge in [0.25, 0.3) is 0 Å². The van der Waals surface area contributed by atoms with Crippen molar-refractivity contribution in [3.63, 3.8) is 0 Å². The fraction of sp³-hybridized carbons (Fsp3) is 0.143. The molecule has 0 bridgehead atoms. The van der Waals surface area contributed by atoms with Gasteiger partial charge in [0.05, 0.1) is 0 Å². The van der Waals surface area contributed by atoms with Crippen LogP contribution in [0.2, 0.25) is 0 Å².